The molecule has 4 rings (SSSR count). The van der Waals surface area contributed by atoms with Crippen LogP contribution in [0.4, 0.5) is 8.78 Å². The van der Waals surface area contributed by atoms with E-state index in [4.69, 9.17) is 18.6 Å². The topological polar surface area (TPSA) is 40.8 Å². The first kappa shape index (κ1) is 18.0. The monoisotopic (exact) mass is 376 g/mol. The molecule has 0 radical (unpaired) electrons. The molecule has 1 fully saturated rings. The Morgan fingerprint density at radius 2 is 1.63 bits per heavy atom. The Hall–Kier alpha value is -2.34. The molecule has 0 amide bonds. The Labute approximate surface area is 156 Å². The third-order valence-electron chi connectivity index (χ3n) is 4.86. The molecule has 1 aromatic heterocycles. The highest BCUT2D eigenvalue weighted by Gasteiger charge is 2.28. The zero-order chi connectivity index (χ0) is 19.0. The van der Waals surface area contributed by atoms with Gasteiger partial charge in [-0.1, -0.05) is 13.3 Å². The van der Waals surface area contributed by atoms with E-state index in [-0.39, 0.29) is 28.8 Å². The van der Waals surface area contributed by atoms with Gasteiger partial charge in [0.05, 0.1) is 12.7 Å². The van der Waals surface area contributed by atoms with Gasteiger partial charge in [0.1, 0.15) is 0 Å². The molecule has 4 nitrogen and oxygen atoms in total. The van der Waals surface area contributed by atoms with E-state index in [2.05, 4.69) is 6.92 Å². The number of rotatable bonds is 6. The maximum Gasteiger partial charge on any atom is 0.208 e. The molecular weight excluding hydrogens is 354 g/mol. The molecule has 0 N–H and O–H groups in total. The molecule has 0 bridgehead atoms. The van der Waals surface area contributed by atoms with Crippen LogP contribution in [-0.4, -0.2) is 19.0 Å². The fraction of sp³-hybridized carbons (Fsp3) is 0.429. The summed E-state index contributed by atoms with van der Waals surface area (Å²) >= 11 is 0. The molecule has 2 heterocycles. The largest absolute Gasteiger partial charge is 0.491 e. The van der Waals surface area contributed by atoms with Crippen molar-refractivity contribution < 1.29 is 27.4 Å². The van der Waals surface area contributed by atoms with Gasteiger partial charge in [-0.3, -0.25) is 0 Å². The van der Waals surface area contributed by atoms with E-state index in [9.17, 15) is 8.78 Å². The summed E-state index contributed by atoms with van der Waals surface area (Å²) in [6.45, 7) is 4.19. The third kappa shape index (κ3) is 3.23. The summed E-state index contributed by atoms with van der Waals surface area (Å²) in [5.41, 5.74) is -0.0507. The molecule has 3 aromatic rings. The number of halogens is 2. The fourth-order valence-electron chi connectivity index (χ4n) is 3.60. The number of fused-ring (bicyclic) bond motifs is 3. The highest BCUT2D eigenvalue weighted by Crippen LogP contribution is 2.38. The predicted octanol–water partition coefficient (Wildman–Crippen LogP) is 5.95. The molecule has 6 heteroatoms. The summed E-state index contributed by atoms with van der Waals surface area (Å²) in [5, 5.41) is 0.990. The molecule has 1 saturated heterocycles. The van der Waals surface area contributed by atoms with Gasteiger partial charge in [0.15, 0.2) is 29.0 Å². The van der Waals surface area contributed by atoms with Crippen LogP contribution < -0.4 is 9.47 Å². The molecule has 27 heavy (non-hydrogen) atoms. The van der Waals surface area contributed by atoms with Crippen molar-refractivity contribution in [3.8, 4) is 11.5 Å². The van der Waals surface area contributed by atoms with Crippen LogP contribution in [0.25, 0.3) is 21.9 Å². The molecule has 0 saturated carbocycles. The molecule has 1 aliphatic rings. The van der Waals surface area contributed by atoms with Crippen LogP contribution >= 0.6 is 0 Å². The van der Waals surface area contributed by atoms with Crippen molar-refractivity contribution in [1.29, 1.82) is 0 Å². The molecular formula is C21H22F2O4. The van der Waals surface area contributed by atoms with E-state index in [0.717, 1.165) is 19.3 Å². The van der Waals surface area contributed by atoms with Gasteiger partial charge in [-0.2, -0.15) is 8.78 Å². The zero-order valence-electron chi connectivity index (χ0n) is 15.4. The first-order chi connectivity index (χ1) is 13.1. The first-order valence-electron chi connectivity index (χ1n) is 9.40. The van der Waals surface area contributed by atoms with Crippen molar-refractivity contribution in [3.63, 3.8) is 0 Å². The van der Waals surface area contributed by atoms with Gasteiger partial charge in [0.2, 0.25) is 11.6 Å². The lowest BCUT2D eigenvalue weighted by molar-refractivity contribution is -0.0759. The van der Waals surface area contributed by atoms with Crippen molar-refractivity contribution in [3.05, 3.63) is 35.9 Å². The second kappa shape index (κ2) is 7.35. The molecule has 1 aliphatic heterocycles. The van der Waals surface area contributed by atoms with Gasteiger partial charge in [0, 0.05) is 17.2 Å². The summed E-state index contributed by atoms with van der Waals surface area (Å²) in [6.07, 6.45) is 3.30. The van der Waals surface area contributed by atoms with Crippen LogP contribution in [0.2, 0.25) is 0 Å². The minimum absolute atomic E-state index is 0.0212. The minimum atomic E-state index is -0.649. The van der Waals surface area contributed by atoms with Crippen molar-refractivity contribution in [1.82, 2.24) is 0 Å². The summed E-state index contributed by atoms with van der Waals surface area (Å²) in [6, 6.07) is 6.42. The standard InChI is InChI=1S/C21H22F2O4/c1-3-5-12-6-11-17(25-12)26-16-10-8-14-13-7-9-15(24-4-2)18(22)20(13)27-21(14)19(16)23/h7-10,12,17H,3-6,11H2,1-2H3. The summed E-state index contributed by atoms with van der Waals surface area (Å²) in [5.74, 6) is -1.14. The Morgan fingerprint density at radius 3 is 2.30 bits per heavy atom. The highest BCUT2D eigenvalue weighted by atomic mass is 19.1. The minimum Gasteiger partial charge on any atom is -0.491 e. The smallest absolute Gasteiger partial charge is 0.208 e. The van der Waals surface area contributed by atoms with Crippen molar-refractivity contribution in [2.75, 3.05) is 6.61 Å². The van der Waals surface area contributed by atoms with E-state index in [1.807, 2.05) is 0 Å². The number of furan rings is 1. The number of ether oxygens (including phenoxy) is 3. The number of hydrogen-bond donors (Lipinski definition) is 0. The lowest BCUT2D eigenvalue weighted by Crippen LogP contribution is -2.17. The molecule has 2 aromatic carbocycles. The predicted molar refractivity (Wildman–Crippen MR) is 98.2 cm³/mol. The van der Waals surface area contributed by atoms with Gasteiger partial charge >= 0.3 is 0 Å². The lowest BCUT2D eigenvalue weighted by atomic mass is 10.1. The van der Waals surface area contributed by atoms with Crippen molar-refractivity contribution in [2.24, 2.45) is 0 Å². The average molecular weight is 376 g/mol. The van der Waals surface area contributed by atoms with Gasteiger partial charge in [0.25, 0.3) is 0 Å². The van der Waals surface area contributed by atoms with Gasteiger partial charge in [-0.25, -0.2) is 0 Å². The summed E-state index contributed by atoms with van der Waals surface area (Å²) in [4.78, 5) is 0. The van der Waals surface area contributed by atoms with E-state index in [0.29, 0.717) is 23.8 Å². The molecule has 0 spiro atoms. The quantitative estimate of drug-likeness (QED) is 0.533. The second-order valence-corrected chi connectivity index (χ2v) is 6.72. The first-order valence-corrected chi connectivity index (χ1v) is 9.40. The van der Waals surface area contributed by atoms with Crippen LogP contribution in [-0.2, 0) is 4.74 Å². The van der Waals surface area contributed by atoms with Gasteiger partial charge in [-0.15, -0.1) is 0 Å². The summed E-state index contributed by atoms with van der Waals surface area (Å²) in [7, 11) is 0. The van der Waals surface area contributed by atoms with Crippen molar-refractivity contribution in [2.45, 2.75) is 51.9 Å². The third-order valence-corrected chi connectivity index (χ3v) is 4.86. The highest BCUT2D eigenvalue weighted by molar-refractivity contribution is 6.06. The van der Waals surface area contributed by atoms with E-state index < -0.39 is 17.9 Å². The van der Waals surface area contributed by atoms with Crippen LogP contribution in [0, 0.1) is 11.6 Å². The second-order valence-electron chi connectivity index (χ2n) is 6.72. The average Bonchev–Trinajstić information content (AvgIpc) is 3.25. The zero-order valence-corrected chi connectivity index (χ0v) is 15.4. The van der Waals surface area contributed by atoms with Crippen LogP contribution in [0.15, 0.2) is 28.7 Å². The van der Waals surface area contributed by atoms with E-state index in [1.54, 1.807) is 19.1 Å². The van der Waals surface area contributed by atoms with Crippen LogP contribution in [0.1, 0.15) is 39.5 Å². The maximum absolute atomic E-state index is 15.0. The molecule has 2 unspecified atom stereocenters. The van der Waals surface area contributed by atoms with E-state index >= 15 is 0 Å². The molecule has 0 aliphatic carbocycles. The Morgan fingerprint density at radius 1 is 0.963 bits per heavy atom. The van der Waals surface area contributed by atoms with Crippen LogP contribution in [0.5, 0.6) is 11.5 Å². The lowest BCUT2D eigenvalue weighted by Gasteiger charge is -2.15. The normalized spacial score (nSPS) is 19.9. The Kier molecular flexibility index (Phi) is 4.91. The van der Waals surface area contributed by atoms with Crippen molar-refractivity contribution >= 4 is 21.9 Å². The van der Waals surface area contributed by atoms with Gasteiger partial charge in [-0.05, 0) is 44.0 Å². The summed E-state index contributed by atoms with van der Waals surface area (Å²) < 4.78 is 51.8. The van der Waals surface area contributed by atoms with Gasteiger partial charge < -0.3 is 18.6 Å². The maximum atomic E-state index is 15.0. The molecule has 2 atom stereocenters. The number of benzene rings is 2. The SMILES string of the molecule is CCCC1CCC(Oc2ccc3c(oc4c(F)c(OCC)ccc43)c2F)O1. The molecule has 144 valence electrons. The van der Waals surface area contributed by atoms with E-state index in [1.165, 1.54) is 12.1 Å². The van der Waals surface area contributed by atoms with Crippen LogP contribution in [0.3, 0.4) is 0 Å². The number of hydrogen-bond acceptors (Lipinski definition) is 4. The Bertz CT molecular complexity index is 966. The Balaban J connectivity index is 1.67. The fourth-order valence-corrected chi connectivity index (χ4v) is 3.60.